The molecule has 0 spiro atoms. The predicted octanol–water partition coefficient (Wildman–Crippen LogP) is 4.31. The van der Waals surface area contributed by atoms with E-state index in [1.165, 1.54) is 0 Å². The molecule has 0 N–H and O–H groups in total. The molecule has 22 heavy (non-hydrogen) atoms. The minimum Gasteiger partial charge on any atom is -0.463 e. The molecule has 0 aromatic heterocycles. The lowest BCUT2D eigenvalue weighted by Gasteiger charge is -2.39. The molecule has 0 fully saturated rings. The van der Waals surface area contributed by atoms with Crippen LogP contribution >= 0.6 is 0 Å². The van der Waals surface area contributed by atoms with Crippen molar-refractivity contribution in [1.82, 2.24) is 0 Å². The van der Waals surface area contributed by atoms with Crippen LogP contribution in [0.3, 0.4) is 0 Å². The van der Waals surface area contributed by atoms with Gasteiger partial charge in [-0.25, -0.2) is 0 Å². The van der Waals surface area contributed by atoms with Gasteiger partial charge >= 0.3 is 11.9 Å². The SMILES string of the molecule is CC(C)OC(=O)[C@H]([C@H](C(=O)OC(C)C)[Si](C)(C)C)[Si](C)(C)C. The summed E-state index contributed by atoms with van der Waals surface area (Å²) in [5.41, 5.74) is -0.708. The first-order chi connectivity index (χ1) is 9.67. The molecular weight excluding hydrogens is 312 g/mol. The molecule has 0 aromatic carbocycles. The van der Waals surface area contributed by atoms with Crippen molar-refractivity contribution < 1.29 is 19.1 Å². The van der Waals surface area contributed by atoms with Gasteiger partial charge in [0.2, 0.25) is 0 Å². The van der Waals surface area contributed by atoms with Gasteiger partial charge in [0.25, 0.3) is 0 Å². The average Bonchev–Trinajstić information content (AvgIpc) is 2.19. The summed E-state index contributed by atoms with van der Waals surface area (Å²) in [6.07, 6.45) is -0.343. The molecule has 0 bridgehead atoms. The molecule has 0 radical (unpaired) electrons. The standard InChI is InChI=1S/C16H34O4Si2/c1-11(2)19-15(17)13(21(5,6)7)14(22(8,9)10)16(18)20-12(3)4/h11-14H,1-10H3/t13-,14+. The summed E-state index contributed by atoms with van der Waals surface area (Å²) in [7, 11) is -3.89. The molecule has 0 aromatic rings. The molecular formula is C16H34O4Si2. The molecule has 0 unspecified atom stereocenters. The second-order valence-electron chi connectivity index (χ2n) is 8.66. The van der Waals surface area contributed by atoms with Crippen molar-refractivity contribution in [3.8, 4) is 0 Å². The van der Waals surface area contributed by atoms with Crippen LogP contribution in [0.5, 0.6) is 0 Å². The Balaban J connectivity index is 5.77. The van der Waals surface area contributed by atoms with E-state index in [9.17, 15) is 9.59 Å². The molecule has 0 aliphatic heterocycles. The molecule has 0 saturated heterocycles. The maximum absolute atomic E-state index is 12.7. The topological polar surface area (TPSA) is 52.6 Å². The molecule has 130 valence electrons. The lowest BCUT2D eigenvalue weighted by molar-refractivity contribution is -0.154. The van der Waals surface area contributed by atoms with Crippen LogP contribution in [-0.4, -0.2) is 40.3 Å². The van der Waals surface area contributed by atoms with Crippen molar-refractivity contribution in [2.24, 2.45) is 0 Å². The zero-order chi connectivity index (χ0) is 17.9. The molecule has 0 aliphatic rings. The van der Waals surface area contributed by atoms with Gasteiger partial charge in [0.15, 0.2) is 0 Å². The van der Waals surface area contributed by atoms with Crippen LogP contribution in [-0.2, 0) is 19.1 Å². The van der Waals surface area contributed by atoms with E-state index in [2.05, 4.69) is 39.3 Å². The van der Waals surface area contributed by atoms with Gasteiger partial charge < -0.3 is 9.47 Å². The molecule has 0 heterocycles. The molecule has 0 rings (SSSR count). The number of carbonyl (C=O) groups is 2. The summed E-state index contributed by atoms with van der Waals surface area (Å²) in [5, 5.41) is 0. The number of rotatable bonds is 7. The molecule has 4 nitrogen and oxygen atoms in total. The average molecular weight is 347 g/mol. The van der Waals surface area contributed by atoms with Gasteiger partial charge in [-0.2, -0.15) is 0 Å². The minimum atomic E-state index is -1.94. The van der Waals surface area contributed by atoms with Gasteiger partial charge in [-0.3, -0.25) is 9.59 Å². The van der Waals surface area contributed by atoms with E-state index in [0.717, 1.165) is 0 Å². The van der Waals surface area contributed by atoms with Gasteiger partial charge in [0, 0.05) is 0 Å². The Labute approximate surface area is 138 Å². The number of ether oxygens (including phenoxy) is 2. The number of esters is 2. The summed E-state index contributed by atoms with van der Waals surface area (Å²) < 4.78 is 11.0. The third-order valence-electron chi connectivity index (χ3n) is 3.41. The highest BCUT2D eigenvalue weighted by Crippen LogP contribution is 2.43. The highest BCUT2D eigenvalue weighted by Gasteiger charge is 2.50. The summed E-state index contributed by atoms with van der Waals surface area (Å²) in [4.78, 5) is 25.4. The largest absolute Gasteiger partial charge is 0.463 e. The Bertz CT molecular complexity index is 354. The zero-order valence-electron chi connectivity index (χ0n) is 15.9. The van der Waals surface area contributed by atoms with E-state index in [-0.39, 0.29) is 35.2 Å². The Morgan fingerprint density at radius 3 is 1.00 bits per heavy atom. The molecule has 0 aliphatic carbocycles. The van der Waals surface area contributed by atoms with Crippen molar-refractivity contribution >= 4 is 28.1 Å². The van der Waals surface area contributed by atoms with E-state index in [1.807, 2.05) is 27.7 Å². The first-order valence-electron chi connectivity index (χ1n) is 8.09. The molecule has 0 saturated carbocycles. The Kier molecular flexibility index (Phi) is 7.55. The van der Waals surface area contributed by atoms with E-state index in [4.69, 9.17) is 9.47 Å². The van der Waals surface area contributed by atoms with Crippen LogP contribution in [0.1, 0.15) is 27.7 Å². The second kappa shape index (κ2) is 7.77. The summed E-state index contributed by atoms with van der Waals surface area (Å²) >= 11 is 0. The molecule has 0 amide bonds. The van der Waals surface area contributed by atoms with E-state index < -0.39 is 16.1 Å². The first-order valence-corrected chi connectivity index (χ1v) is 15.2. The number of carbonyl (C=O) groups excluding carboxylic acids is 2. The van der Waals surface area contributed by atoms with Crippen molar-refractivity contribution in [1.29, 1.82) is 0 Å². The van der Waals surface area contributed by atoms with Crippen molar-refractivity contribution in [3.05, 3.63) is 0 Å². The predicted molar refractivity (Wildman–Crippen MR) is 96.6 cm³/mol. The fraction of sp³-hybridized carbons (Fsp3) is 0.875. The molecule has 2 atom stereocenters. The van der Waals surface area contributed by atoms with Crippen LogP contribution < -0.4 is 0 Å². The maximum Gasteiger partial charge on any atom is 0.306 e. The normalized spacial score (nSPS) is 15.6. The van der Waals surface area contributed by atoms with Crippen molar-refractivity contribution in [2.75, 3.05) is 0 Å². The van der Waals surface area contributed by atoms with Gasteiger partial charge in [0.05, 0.1) is 39.4 Å². The highest BCUT2D eigenvalue weighted by molar-refractivity contribution is 6.87. The monoisotopic (exact) mass is 346 g/mol. The van der Waals surface area contributed by atoms with Crippen molar-refractivity contribution in [3.63, 3.8) is 0 Å². The van der Waals surface area contributed by atoms with Gasteiger partial charge in [-0.1, -0.05) is 39.3 Å². The van der Waals surface area contributed by atoms with Gasteiger partial charge in [-0.05, 0) is 27.7 Å². The third-order valence-corrected chi connectivity index (χ3v) is 8.61. The van der Waals surface area contributed by atoms with Crippen LogP contribution in [0.15, 0.2) is 0 Å². The van der Waals surface area contributed by atoms with Crippen LogP contribution in [0.4, 0.5) is 0 Å². The zero-order valence-corrected chi connectivity index (χ0v) is 17.9. The van der Waals surface area contributed by atoms with Crippen LogP contribution in [0.25, 0.3) is 0 Å². The van der Waals surface area contributed by atoms with Crippen LogP contribution in [0.2, 0.25) is 50.4 Å². The fourth-order valence-electron chi connectivity index (χ4n) is 2.59. The van der Waals surface area contributed by atoms with E-state index >= 15 is 0 Å². The quantitative estimate of drug-likeness (QED) is 0.509. The lowest BCUT2D eigenvalue weighted by atomic mass is 10.3. The Morgan fingerprint density at radius 1 is 0.636 bits per heavy atom. The van der Waals surface area contributed by atoms with Crippen LogP contribution in [0, 0.1) is 0 Å². The molecule has 6 heteroatoms. The third kappa shape index (κ3) is 6.64. The van der Waals surface area contributed by atoms with Gasteiger partial charge in [-0.15, -0.1) is 0 Å². The number of hydrogen-bond donors (Lipinski definition) is 0. The first kappa shape index (κ1) is 21.4. The minimum absolute atomic E-state index is 0.172. The maximum atomic E-state index is 12.7. The van der Waals surface area contributed by atoms with E-state index in [1.54, 1.807) is 0 Å². The lowest BCUT2D eigenvalue weighted by Crippen LogP contribution is -2.49. The second-order valence-corrected chi connectivity index (χ2v) is 19.4. The van der Waals surface area contributed by atoms with E-state index in [0.29, 0.717) is 0 Å². The number of hydrogen-bond acceptors (Lipinski definition) is 4. The summed E-state index contributed by atoms with van der Waals surface area (Å²) in [5.74, 6) is -0.468. The highest BCUT2D eigenvalue weighted by atomic mass is 28.3. The summed E-state index contributed by atoms with van der Waals surface area (Å²) in [6.45, 7) is 20.1. The Hall–Kier alpha value is -0.626. The summed E-state index contributed by atoms with van der Waals surface area (Å²) in [6, 6.07) is 0. The van der Waals surface area contributed by atoms with Gasteiger partial charge in [0.1, 0.15) is 0 Å². The van der Waals surface area contributed by atoms with Crippen molar-refractivity contribution in [2.45, 2.75) is 90.3 Å². The smallest absolute Gasteiger partial charge is 0.306 e. The Morgan fingerprint density at radius 2 is 0.864 bits per heavy atom. The fourth-order valence-corrected chi connectivity index (χ4v) is 9.41.